The molecule has 0 aliphatic rings. The number of aromatic nitrogens is 1. The third kappa shape index (κ3) is 4.12. The van der Waals surface area contributed by atoms with Gasteiger partial charge >= 0.3 is 0 Å². The fraction of sp³-hybridized carbons (Fsp3) is 0. The molecule has 4 rings (SSSR count). The van der Waals surface area contributed by atoms with Gasteiger partial charge < -0.3 is 9.73 Å². The molecular weight excluding hydrogens is 478 g/mol. The number of benzene rings is 3. The Labute approximate surface area is 179 Å². The average Bonchev–Trinajstić information content (AvgIpc) is 3.15. The Bertz CT molecular complexity index is 1290. The van der Waals surface area contributed by atoms with Crippen LogP contribution in [0, 0.1) is 11.6 Å². The fourth-order valence-electron chi connectivity index (χ4n) is 2.67. The zero-order chi connectivity index (χ0) is 21.3. The van der Waals surface area contributed by atoms with E-state index in [4.69, 9.17) is 4.42 Å². The summed E-state index contributed by atoms with van der Waals surface area (Å²) in [6, 6.07) is 16.7. The lowest BCUT2D eigenvalue weighted by Crippen LogP contribution is -2.05. The van der Waals surface area contributed by atoms with Crippen molar-refractivity contribution in [2.75, 3.05) is 5.32 Å². The molecule has 0 radical (unpaired) electrons. The topological polar surface area (TPSA) is 72.2 Å². The van der Waals surface area contributed by atoms with Crippen molar-refractivity contribution in [1.82, 2.24) is 4.98 Å². The van der Waals surface area contributed by atoms with E-state index >= 15 is 0 Å². The molecule has 0 fully saturated rings. The number of rotatable bonds is 5. The number of anilines is 2. The minimum absolute atomic E-state index is 0.0767. The second-order valence-corrected chi connectivity index (χ2v) is 9.03. The minimum Gasteiger partial charge on any atom is -0.419 e. The Morgan fingerprint density at radius 3 is 2.00 bits per heavy atom. The first-order chi connectivity index (χ1) is 14.3. The highest BCUT2D eigenvalue weighted by atomic mass is 79.9. The standard InChI is InChI=1S/C21H13BrF2N2O3S/c22-14-3-1-13(2-4-14)19-26-21(30(27,28)18-11-7-16(24)8-12-18)20(29-19)25-17-9-5-15(23)6-10-17/h1-12,25H. The monoisotopic (exact) mass is 490 g/mol. The first-order valence-corrected chi connectivity index (χ1v) is 10.9. The molecular formula is C21H13BrF2N2O3S. The van der Waals surface area contributed by atoms with E-state index in [2.05, 4.69) is 26.2 Å². The summed E-state index contributed by atoms with van der Waals surface area (Å²) in [5.74, 6) is -1.06. The lowest BCUT2D eigenvalue weighted by atomic mass is 10.2. The van der Waals surface area contributed by atoms with E-state index in [-0.39, 0.29) is 21.7 Å². The number of nitrogens with one attached hydrogen (secondary N) is 1. The first kappa shape index (κ1) is 20.2. The molecule has 0 atom stereocenters. The lowest BCUT2D eigenvalue weighted by molar-refractivity contribution is 0.581. The molecule has 0 aliphatic carbocycles. The van der Waals surface area contributed by atoms with Gasteiger partial charge in [0.05, 0.1) is 4.90 Å². The van der Waals surface area contributed by atoms with Gasteiger partial charge in [-0.2, -0.15) is 4.98 Å². The maximum atomic E-state index is 13.3. The Morgan fingerprint density at radius 2 is 1.40 bits per heavy atom. The zero-order valence-corrected chi connectivity index (χ0v) is 17.5. The summed E-state index contributed by atoms with van der Waals surface area (Å²) in [5.41, 5.74) is 0.964. The van der Waals surface area contributed by atoms with Crippen LogP contribution in [0.2, 0.25) is 0 Å². The second kappa shape index (κ2) is 8.00. The molecule has 0 aliphatic heterocycles. The van der Waals surface area contributed by atoms with Crippen LogP contribution in [-0.4, -0.2) is 13.4 Å². The highest BCUT2D eigenvalue weighted by molar-refractivity contribution is 9.10. The van der Waals surface area contributed by atoms with Crippen molar-refractivity contribution in [3.8, 4) is 11.5 Å². The van der Waals surface area contributed by atoms with E-state index in [1.54, 1.807) is 24.3 Å². The Hall–Kier alpha value is -3.04. The summed E-state index contributed by atoms with van der Waals surface area (Å²) < 4.78 is 59.3. The first-order valence-electron chi connectivity index (χ1n) is 8.63. The van der Waals surface area contributed by atoms with Gasteiger partial charge in [0.15, 0.2) is 0 Å². The highest BCUT2D eigenvalue weighted by Gasteiger charge is 2.29. The molecule has 152 valence electrons. The maximum absolute atomic E-state index is 13.3. The van der Waals surface area contributed by atoms with E-state index in [0.717, 1.165) is 28.7 Å². The van der Waals surface area contributed by atoms with Gasteiger partial charge in [0.25, 0.3) is 0 Å². The molecule has 0 amide bonds. The molecule has 5 nitrogen and oxygen atoms in total. The minimum atomic E-state index is -4.13. The highest BCUT2D eigenvalue weighted by Crippen LogP contribution is 2.34. The number of halogens is 3. The molecule has 0 unspecified atom stereocenters. The van der Waals surface area contributed by atoms with Crippen molar-refractivity contribution in [1.29, 1.82) is 0 Å². The van der Waals surface area contributed by atoms with E-state index in [9.17, 15) is 17.2 Å². The number of sulfone groups is 1. The summed E-state index contributed by atoms with van der Waals surface area (Å²) in [6.45, 7) is 0. The van der Waals surface area contributed by atoms with Crippen molar-refractivity contribution in [3.63, 3.8) is 0 Å². The number of hydrogen-bond acceptors (Lipinski definition) is 5. The number of hydrogen-bond donors (Lipinski definition) is 1. The molecule has 4 aromatic rings. The van der Waals surface area contributed by atoms with Crippen LogP contribution in [0.4, 0.5) is 20.4 Å². The smallest absolute Gasteiger partial charge is 0.238 e. The van der Waals surface area contributed by atoms with Crippen LogP contribution in [-0.2, 0) is 9.84 Å². The molecule has 0 bridgehead atoms. The van der Waals surface area contributed by atoms with Crippen LogP contribution in [0.15, 0.2) is 91.6 Å². The summed E-state index contributed by atoms with van der Waals surface area (Å²) in [5, 5.41) is 2.47. The van der Waals surface area contributed by atoms with Gasteiger partial charge in [0.2, 0.25) is 26.6 Å². The molecule has 0 spiro atoms. The third-order valence-corrected chi connectivity index (χ3v) is 6.38. The molecule has 30 heavy (non-hydrogen) atoms. The van der Waals surface area contributed by atoms with Crippen LogP contribution >= 0.6 is 15.9 Å². The van der Waals surface area contributed by atoms with Crippen molar-refractivity contribution < 1.29 is 21.6 Å². The van der Waals surface area contributed by atoms with E-state index in [1.165, 1.54) is 24.3 Å². The predicted octanol–water partition coefficient (Wildman–Crippen LogP) is 5.96. The van der Waals surface area contributed by atoms with Crippen LogP contribution in [0.25, 0.3) is 11.5 Å². The van der Waals surface area contributed by atoms with Crippen LogP contribution < -0.4 is 5.32 Å². The molecule has 0 saturated carbocycles. The van der Waals surface area contributed by atoms with Crippen molar-refractivity contribution in [2.45, 2.75) is 9.92 Å². The normalized spacial score (nSPS) is 11.4. The number of nitrogens with zero attached hydrogens (tertiary/aromatic N) is 1. The molecule has 1 heterocycles. The van der Waals surface area contributed by atoms with Gasteiger partial charge in [-0.05, 0) is 72.8 Å². The van der Waals surface area contributed by atoms with E-state index < -0.39 is 21.5 Å². The average molecular weight is 491 g/mol. The SMILES string of the molecule is O=S(=O)(c1ccc(F)cc1)c1nc(-c2ccc(Br)cc2)oc1Nc1ccc(F)cc1. The largest absolute Gasteiger partial charge is 0.419 e. The Morgan fingerprint density at radius 1 is 0.833 bits per heavy atom. The quantitative estimate of drug-likeness (QED) is 0.349. The molecule has 3 aromatic carbocycles. The van der Waals surface area contributed by atoms with E-state index in [0.29, 0.717) is 11.3 Å². The van der Waals surface area contributed by atoms with Crippen molar-refractivity contribution >= 4 is 37.3 Å². The van der Waals surface area contributed by atoms with Crippen molar-refractivity contribution in [3.05, 3.63) is 88.9 Å². The van der Waals surface area contributed by atoms with Gasteiger partial charge in [-0.3, -0.25) is 0 Å². The summed E-state index contributed by atoms with van der Waals surface area (Å²) >= 11 is 3.34. The summed E-state index contributed by atoms with van der Waals surface area (Å²) in [6.07, 6.45) is 0. The fourth-order valence-corrected chi connectivity index (χ4v) is 4.19. The number of oxazole rings is 1. The zero-order valence-electron chi connectivity index (χ0n) is 15.1. The Balaban J connectivity index is 1.83. The summed E-state index contributed by atoms with van der Waals surface area (Å²) in [4.78, 5) is 4.06. The van der Waals surface area contributed by atoms with Crippen LogP contribution in [0.1, 0.15) is 0 Å². The molecule has 0 saturated heterocycles. The second-order valence-electron chi connectivity index (χ2n) is 6.25. The van der Waals surface area contributed by atoms with Gasteiger partial charge in [0, 0.05) is 15.7 Å². The van der Waals surface area contributed by atoms with Gasteiger partial charge in [-0.25, -0.2) is 17.2 Å². The lowest BCUT2D eigenvalue weighted by Gasteiger charge is -2.06. The maximum Gasteiger partial charge on any atom is 0.238 e. The van der Waals surface area contributed by atoms with Crippen LogP contribution in [0.3, 0.4) is 0 Å². The summed E-state index contributed by atoms with van der Waals surface area (Å²) in [7, 11) is -4.13. The van der Waals surface area contributed by atoms with Gasteiger partial charge in [-0.1, -0.05) is 15.9 Å². The molecule has 1 N–H and O–H groups in total. The van der Waals surface area contributed by atoms with Gasteiger partial charge in [-0.15, -0.1) is 0 Å². The Kier molecular flexibility index (Phi) is 5.40. The van der Waals surface area contributed by atoms with Crippen LogP contribution in [0.5, 0.6) is 0 Å². The molecule has 9 heteroatoms. The van der Waals surface area contributed by atoms with E-state index in [1.807, 2.05) is 0 Å². The van der Waals surface area contributed by atoms with Crippen molar-refractivity contribution in [2.24, 2.45) is 0 Å². The molecule has 1 aromatic heterocycles. The third-order valence-electron chi connectivity index (χ3n) is 4.17. The van der Waals surface area contributed by atoms with Gasteiger partial charge in [0.1, 0.15) is 11.6 Å². The predicted molar refractivity (Wildman–Crippen MR) is 111 cm³/mol.